The predicted molar refractivity (Wildman–Crippen MR) is 76.6 cm³/mol. The molecule has 0 aliphatic heterocycles. The number of nitrogens with one attached hydrogen (secondary N) is 2. The highest BCUT2D eigenvalue weighted by molar-refractivity contribution is 7.80. The van der Waals surface area contributed by atoms with Crippen molar-refractivity contribution in [1.29, 1.82) is 0 Å². The Morgan fingerprint density at radius 3 is 2.79 bits per heavy atom. The minimum Gasteiger partial charge on any atom is -0.389 e. The van der Waals surface area contributed by atoms with E-state index in [-0.39, 0.29) is 16.5 Å². The number of hydrogen-bond donors (Lipinski definition) is 3. The number of amides is 1. The van der Waals surface area contributed by atoms with Crippen molar-refractivity contribution >= 4 is 28.8 Å². The molecule has 2 rings (SSSR count). The third kappa shape index (κ3) is 4.17. The van der Waals surface area contributed by atoms with Crippen molar-refractivity contribution in [3.8, 4) is 0 Å². The zero-order valence-corrected chi connectivity index (χ0v) is 11.2. The summed E-state index contributed by atoms with van der Waals surface area (Å²) in [7, 11) is 0. The molecule has 0 unspecified atom stereocenters. The lowest BCUT2D eigenvalue weighted by molar-refractivity contribution is -0.120. The molecule has 0 radical (unpaired) electrons. The summed E-state index contributed by atoms with van der Waals surface area (Å²) >= 11 is 4.72. The van der Waals surface area contributed by atoms with E-state index in [2.05, 4.69) is 10.6 Å². The van der Waals surface area contributed by atoms with Crippen LogP contribution in [0.5, 0.6) is 0 Å². The summed E-state index contributed by atoms with van der Waals surface area (Å²) in [6.07, 6.45) is 2.52. The first-order chi connectivity index (χ1) is 9.06. The van der Waals surface area contributed by atoms with Gasteiger partial charge in [0.25, 0.3) is 0 Å². The Kier molecular flexibility index (Phi) is 4.31. The van der Waals surface area contributed by atoms with Crippen molar-refractivity contribution in [3.05, 3.63) is 29.6 Å². The van der Waals surface area contributed by atoms with Gasteiger partial charge in [-0.25, -0.2) is 4.39 Å². The molecule has 4 N–H and O–H groups in total. The fourth-order valence-electron chi connectivity index (χ4n) is 1.67. The third-order valence-electron chi connectivity index (χ3n) is 2.86. The molecule has 1 aromatic rings. The summed E-state index contributed by atoms with van der Waals surface area (Å²) in [6, 6.07) is 4.92. The van der Waals surface area contributed by atoms with Gasteiger partial charge in [0.15, 0.2) is 0 Å². The molecule has 0 bridgehead atoms. The largest absolute Gasteiger partial charge is 0.389 e. The van der Waals surface area contributed by atoms with Crippen LogP contribution in [-0.4, -0.2) is 23.5 Å². The van der Waals surface area contributed by atoms with E-state index in [9.17, 15) is 9.18 Å². The number of thiocarbonyl (C=S) groups is 1. The first-order valence-electron chi connectivity index (χ1n) is 6.19. The summed E-state index contributed by atoms with van der Waals surface area (Å²) in [5.74, 6) is -0.435. The molecule has 1 aliphatic carbocycles. The smallest absolute Gasteiger partial charge is 0.221 e. The lowest BCUT2D eigenvalue weighted by Crippen LogP contribution is -2.27. The highest BCUT2D eigenvalue weighted by Gasteiger charge is 2.22. The number of hydrogen-bond acceptors (Lipinski definition) is 3. The predicted octanol–water partition coefficient (Wildman–Crippen LogP) is 1.54. The summed E-state index contributed by atoms with van der Waals surface area (Å²) in [5, 5.41) is 5.88. The first-order valence-corrected chi connectivity index (χ1v) is 6.59. The number of nitrogens with two attached hydrogens (primary N) is 1. The van der Waals surface area contributed by atoms with Gasteiger partial charge in [0.05, 0.1) is 0 Å². The molecule has 4 nitrogen and oxygen atoms in total. The Labute approximate surface area is 116 Å². The fraction of sp³-hybridized carbons (Fsp3) is 0.385. The van der Waals surface area contributed by atoms with Gasteiger partial charge in [-0.05, 0) is 31.0 Å². The van der Waals surface area contributed by atoms with Gasteiger partial charge in [-0.15, -0.1) is 0 Å². The van der Waals surface area contributed by atoms with Crippen LogP contribution in [-0.2, 0) is 4.79 Å². The third-order valence-corrected chi connectivity index (χ3v) is 3.08. The molecule has 1 fully saturated rings. The lowest BCUT2D eigenvalue weighted by Gasteiger charge is -2.08. The summed E-state index contributed by atoms with van der Waals surface area (Å²) in [6.45, 7) is 0.463. The standard InChI is InChI=1S/C13H16FN3OS/c14-11-7-9(3-4-10(11)13(15)19)16-6-5-12(18)17-8-1-2-8/h3-4,7-8,16H,1-2,5-6H2,(H2,15,19)(H,17,18). The Hall–Kier alpha value is -1.69. The van der Waals surface area contributed by atoms with Gasteiger partial charge in [0.2, 0.25) is 5.91 Å². The maximum Gasteiger partial charge on any atom is 0.221 e. The molecule has 0 heterocycles. The summed E-state index contributed by atoms with van der Waals surface area (Å²) < 4.78 is 13.6. The van der Waals surface area contributed by atoms with Crippen molar-refractivity contribution in [2.45, 2.75) is 25.3 Å². The van der Waals surface area contributed by atoms with E-state index >= 15 is 0 Å². The number of rotatable bonds is 6. The number of benzene rings is 1. The number of carbonyl (C=O) groups is 1. The van der Waals surface area contributed by atoms with Crippen LogP contribution >= 0.6 is 12.2 Å². The van der Waals surface area contributed by atoms with Gasteiger partial charge in [-0.1, -0.05) is 12.2 Å². The van der Waals surface area contributed by atoms with Crippen molar-refractivity contribution in [2.75, 3.05) is 11.9 Å². The molecule has 0 aromatic heterocycles. The van der Waals surface area contributed by atoms with Crippen LogP contribution in [0, 0.1) is 5.82 Å². The normalized spacial score (nSPS) is 13.9. The Balaban J connectivity index is 1.80. The number of halogens is 1. The van der Waals surface area contributed by atoms with Crippen LogP contribution in [0.2, 0.25) is 0 Å². The molecule has 0 spiro atoms. The molecule has 0 atom stereocenters. The van der Waals surface area contributed by atoms with Crippen LogP contribution in [0.15, 0.2) is 18.2 Å². The van der Waals surface area contributed by atoms with Crippen LogP contribution in [0.1, 0.15) is 24.8 Å². The minimum absolute atomic E-state index is 0.0234. The molecule has 1 aliphatic rings. The van der Waals surface area contributed by atoms with Crippen LogP contribution in [0.4, 0.5) is 10.1 Å². The Bertz CT molecular complexity index is 503. The lowest BCUT2D eigenvalue weighted by atomic mass is 10.2. The first kappa shape index (κ1) is 13.7. The summed E-state index contributed by atoms with van der Waals surface area (Å²) in [5.41, 5.74) is 6.21. The number of anilines is 1. The molecule has 102 valence electrons. The second-order valence-electron chi connectivity index (χ2n) is 4.58. The topological polar surface area (TPSA) is 67.1 Å². The van der Waals surface area contributed by atoms with Crippen LogP contribution < -0.4 is 16.4 Å². The molecular formula is C13H16FN3OS. The van der Waals surface area contributed by atoms with E-state index in [1.54, 1.807) is 6.07 Å². The highest BCUT2D eigenvalue weighted by Crippen LogP contribution is 2.18. The maximum atomic E-state index is 13.6. The monoisotopic (exact) mass is 281 g/mol. The van der Waals surface area contributed by atoms with E-state index in [0.717, 1.165) is 12.8 Å². The van der Waals surface area contributed by atoms with Gasteiger partial charge in [0.1, 0.15) is 10.8 Å². The molecule has 1 aromatic carbocycles. The maximum absolute atomic E-state index is 13.6. The summed E-state index contributed by atoms with van der Waals surface area (Å²) in [4.78, 5) is 11.5. The molecule has 0 saturated heterocycles. The average Bonchev–Trinajstić information content (AvgIpc) is 3.12. The molecule has 1 saturated carbocycles. The highest BCUT2D eigenvalue weighted by atomic mass is 32.1. The van der Waals surface area contributed by atoms with Gasteiger partial charge in [-0.3, -0.25) is 4.79 Å². The molecule has 19 heavy (non-hydrogen) atoms. The van der Waals surface area contributed by atoms with Crippen LogP contribution in [0.25, 0.3) is 0 Å². The van der Waals surface area contributed by atoms with Crippen LogP contribution in [0.3, 0.4) is 0 Å². The molecule has 6 heteroatoms. The Morgan fingerprint density at radius 1 is 1.47 bits per heavy atom. The van der Waals surface area contributed by atoms with Crippen molar-refractivity contribution in [2.24, 2.45) is 5.73 Å². The molecular weight excluding hydrogens is 265 g/mol. The van der Waals surface area contributed by atoms with E-state index in [1.165, 1.54) is 12.1 Å². The van der Waals surface area contributed by atoms with E-state index in [0.29, 0.717) is 24.7 Å². The second kappa shape index (κ2) is 5.97. The van der Waals surface area contributed by atoms with Crippen molar-refractivity contribution < 1.29 is 9.18 Å². The minimum atomic E-state index is -0.458. The SMILES string of the molecule is NC(=S)c1ccc(NCCC(=O)NC2CC2)cc1F. The zero-order chi connectivity index (χ0) is 13.8. The second-order valence-corrected chi connectivity index (χ2v) is 5.02. The van der Waals surface area contributed by atoms with Crippen molar-refractivity contribution in [1.82, 2.24) is 5.32 Å². The number of carbonyl (C=O) groups excluding carboxylic acids is 1. The average molecular weight is 281 g/mol. The quantitative estimate of drug-likeness (QED) is 0.692. The van der Waals surface area contributed by atoms with Crippen molar-refractivity contribution in [3.63, 3.8) is 0 Å². The van der Waals surface area contributed by atoms with E-state index < -0.39 is 5.82 Å². The van der Waals surface area contributed by atoms with Gasteiger partial charge >= 0.3 is 0 Å². The zero-order valence-electron chi connectivity index (χ0n) is 10.4. The Morgan fingerprint density at radius 2 is 2.21 bits per heavy atom. The van der Waals surface area contributed by atoms with Gasteiger partial charge in [-0.2, -0.15) is 0 Å². The van der Waals surface area contributed by atoms with Gasteiger partial charge in [0, 0.05) is 30.3 Å². The fourth-order valence-corrected chi connectivity index (χ4v) is 1.84. The van der Waals surface area contributed by atoms with E-state index in [4.69, 9.17) is 18.0 Å². The van der Waals surface area contributed by atoms with Gasteiger partial charge < -0.3 is 16.4 Å². The molecule has 1 amide bonds. The van der Waals surface area contributed by atoms with E-state index in [1.807, 2.05) is 0 Å².